The normalized spacial score (nSPS) is 14.5. The average Bonchev–Trinajstić information content (AvgIpc) is 2.89. The number of para-hydroxylation sites is 1. The van der Waals surface area contributed by atoms with Crippen LogP contribution in [0.2, 0.25) is 0 Å². The number of hydrogen-bond acceptors (Lipinski definition) is 6. The molecule has 0 saturated heterocycles. The Balaban J connectivity index is 1.61. The molecule has 0 fully saturated rings. The highest BCUT2D eigenvalue weighted by molar-refractivity contribution is 6.06. The molecule has 1 N–H and O–H groups in total. The fraction of sp³-hybridized carbons (Fsp3) is 0.143. The Labute approximate surface area is 211 Å². The van der Waals surface area contributed by atoms with E-state index in [-0.39, 0.29) is 22.7 Å². The molecule has 0 saturated carbocycles. The van der Waals surface area contributed by atoms with Crippen LogP contribution in [0.15, 0.2) is 66.7 Å². The molecular weight excluding hydrogens is 477 g/mol. The van der Waals surface area contributed by atoms with E-state index in [2.05, 4.69) is 4.90 Å². The highest BCUT2D eigenvalue weighted by atomic mass is 19.1. The van der Waals surface area contributed by atoms with Crippen molar-refractivity contribution in [2.45, 2.75) is 13.5 Å². The molecule has 0 atom stereocenters. The molecule has 0 unspecified atom stereocenters. The Morgan fingerprint density at radius 1 is 1.16 bits per heavy atom. The fourth-order valence-electron chi connectivity index (χ4n) is 4.53. The number of aromatic nitrogens is 1. The minimum Gasteiger partial charge on any atom is -0.478 e. The lowest BCUT2D eigenvalue weighted by molar-refractivity contribution is -0.385. The van der Waals surface area contributed by atoms with Crippen LogP contribution in [0.1, 0.15) is 34.1 Å². The number of aromatic carboxylic acids is 1. The number of halogens is 1. The van der Waals surface area contributed by atoms with E-state index in [9.17, 15) is 24.4 Å². The van der Waals surface area contributed by atoms with Gasteiger partial charge in [0.25, 0.3) is 0 Å². The molecule has 9 heteroatoms. The minimum atomic E-state index is -1.02. The Morgan fingerprint density at radius 2 is 1.92 bits per heavy atom. The Bertz CT molecular complexity index is 1570. The summed E-state index contributed by atoms with van der Waals surface area (Å²) in [6.45, 7) is 3.62. The van der Waals surface area contributed by atoms with Gasteiger partial charge in [-0.2, -0.15) is 0 Å². The number of likely N-dealkylation sites (N-methyl/N-ethyl adjacent to an activating group) is 1. The SMILES string of the molecule is CCN1CC(=Cc2ccc(Oc3ccc(F)cc3)c([N+](=O)[O-])c2)c2nc3ccccc3c(C(=O)O)c2C1. The van der Waals surface area contributed by atoms with Gasteiger partial charge in [0.1, 0.15) is 11.6 Å². The molecule has 4 aromatic rings. The molecular formula is C28H22FN3O5. The van der Waals surface area contributed by atoms with Crippen molar-refractivity contribution in [2.75, 3.05) is 13.1 Å². The highest BCUT2D eigenvalue weighted by Gasteiger charge is 2.28. The zero-order valence-electron chi connectivity index (χ0n) is 19.8. The first-order valence-corrected chi connectivity index (χ1v) is 11.6. The minimum absolute atomic E-state index is 0.0234. The fourth-order valence-corrected chi connectivity index (χ4v) is 4.53. The summed E-state index contributed by atoms with van der Waals surface area (Å²) in [6.07, 6.45) is 1.79. The van der Waals surface area contributed by atoms with E-state index in [1.54, 1.807) is 36.4 Å². The molecule has 8 nitrogen and oxygen atoms in total. The van der Waals surface area contributed by atoms with Crippen molar-refractivity contribution in [1.82, 2.24) is 9.88 Å². The van der Waals surface area contributed by atoms with E-state index in [1.807, 2.05) is 6.92 Å². The van der Waals surface area contributed by atoms with Crippen LogP contribution in [0.5, 0.6) is 11.5 Å². The van der Waals surface area contributed by atoms with Crippen molar-refractivity contribution in [2.24, 2.45) is 0 Å². The molecule has 0 amide bonds. The number of nitro benzene ring substituents is 1. The van der Waals surface area contributed by atoms with Crippen LogP contribution in [0.25, 0.3) is 22.6 Å². The van der Waals surface area contributed by atoms with E-state index in [0.717, 1.165) is 5.57 Å². The number of pyridine rings is 1. The predicted molar refractivity (Wildman–Crippen MR) is 137 cm³/mol. The predicted octanol–water partition coefficient (Wildman–Crippen LogP) is 6.15. The summed E-state index contributed by atoms with van der Waals surface area (Å²) in [4.78, 5) is 30.5. The molecule has 1 aromatic heterocycles. The summed E-state index contributed by atoms with van der Waals surface area (Å²) < 4.78 is 18.8. The van der Waals surface area contributed by atoms with Crippen LogP contribution in [0.3, 0.4) is 0 Å². The molecule has 37 heavy (non-hydrogen) atoms. The third-order valence-electron chi connectivity index (χ3n) is 6.30. The lowest BCUT2D eigenvalue weighted by Crippen LogP contribution is -2.31. The lowest BCUT2D eigenvalue weighted by atomic mass is 9.92. The van der Waals surface area contributed by atoms with Crippen LogP contribution >= 0.6 is 0 Å². The number of fused-ring (bicyclic) bond motifs is 2. The third-order valence-corrected chi connectivity index (χ3v) is 6.30. The second-order valence-corrected chi connectivity index (χ2v) is 8.65. The average molecular weight is 499 g/mol. The van der Waals surface area contributed by atoms with E-state index < -0.39 is 16.7 Å². The largest absolute Gasteiger partial charge is 0.478 e. The van der Waals surface area contributed by atoms with Gasteiger partial charge in [0.15, 0.2) is 0 Å². The van der Waals surface area contributed by atoms with Crippen molar-refractivity contribution >= 4 is 34.2 Å². The van der Waals surface area contributed by atoms with Crippen LogP contribution in [-0.2, 0) is 6.54 Å². The van der Waals surface area contributed by atoms with Crippen LogP contribution in [0.4, 0.5) is 10.1 Å². The van der Waals surface area contributed by atoms with E-state index in [0.29, 0.717) is 47.4 Å². The second kappa shape index (κ2) is 9.79. The van der Waals surface area contributed by atoms with Crippen molar-refractivity contribution in [1.29, 1.82) is 0 Å². The first-order chi connectivity index (χ1) is 17.8. The van der Waals surface area contributed by atoms with Crippen molar-refractivity contribution < 1.29 is 24.0 Å². The topological polar surface area (TPSA) is 106 Å². The molecule has 0 spiro atoms. The molecule has 1 aliphatic rings. The van der Waals surface area contributed by atoms with Gasteiger partial charge >= 0.3 is 11.7 Å². The van der Waals surface area contributed by atoms with Crippen LogP contribution in [-0.4, -0.2) is 39.0 Å². The summed E-state index contributed by atoms with van der Waals surface area (Å²) in [5, 5.41) is 22.5. The van der Waals surface area contributed by atoms with Crippen molar-refractivity contribution in [3.8, 4) is 11.5 Å². The maximum Gasteiger partial charge on any atom is 0.336 e. The standard InChI is InChI=1S/C28H22FN3O5/c1-2-31-15-18(27-22(16-31)26(28(33)34)21-5-3-4-6-23(21)30-27)13-17-7-12-25(24(14-17)32(35)36)37-20-10-8-19(29)9-11-20/h3-14H,2,15-16H2,1H3,(H,33,34). The Morgan fingerprint density at radius 3 is 2.62 bits per heavy atom. The highest BCUT2D eigenvalue weighted by Crippen LogP contribution is 2.36. The first-order valence-electron chi connectivity index (χ1n) is 11.6. The number of carboxylic acids is 1. The molecule has 2 heterocycles. The monoisotopic (exact) mass is 499 g/mol. The number of carboxylic acid groups (broad SMARTS) is 1. The number of hydrogen-bond donors (Lipinski definition) is 1. The van der Waals surface area contributed by atoms with Gasteiger partial charge in [-0.3, -0.25) is 15.0 Å². The van der Waals surface area contributed by atoms with Crippen LogP contribution in [0, 0.1) is 15.9 Å². The molecule has 5 rings (SSSR count). The molecule has 3 aromatic carbocycles. The van der Waals surface area contributed by atoms with E-state index in [4.69, 9.17) is 9.72 Å². The van der Waals surface area contributed by atoms with Crippen LogP contribution < -0.4 is 4.74 Å². The van der Waals surface area contributed by atoms with Gasteiger partial charge in [0.05, 0.1) is 21.7 Å². The van der Waals surface area contributed by atoms with E-state index in [1.165, 1.54) is 36.4 Å². The summed E-state index contributed by atoms with van der Waals surface area (Å²) in [6, 6.07) is 16.9. The summed E-state index contributed by atoms with van der Waals surface area (Å²) in [5.74, 6) is -1.17. The Kier molecular flexibility index (Phi) is 6.37. The quantitative estimate of drug-likeness (QED) is 0.251. The van der Waals surface area contributed by atoms with Gasteiger partial charge < -0.3 is 9.84 Å². The maximum absolute atomic E-state index is 13.2. The number of ether oxygens (including phenoxy) is 1. The number of rotatable bonds is 6. The first kappa shape index (κ1) is 24.1. The van der Waals surface area contributed by atoms with E-state index >= 15 is 0 Å². The summed E-state index contributed by atoms with van der Waals surface area (Å²) in [7, 11) is 0. The maximum atomic E-state index is 13.2. The zero-order chi connectivity index (χ0) is 26.1. The second-order valence-electron chi connectivity index (χ2n) is 8.65. The van der Waals surface area contributed by atoms with Crippen molar-refractivity contribution in [3.63, 3.8) is 0 Å². The van der Waals surface area contributed by atoms with Gasteiger partial charge in [0, 0.05) is 30.1 Å². The number of carbonyl (C=O) groups is 1. The molecule has 186 valence electrons. The summed E-state index contributed by atoms with van der Waals surface area (Å²) in [5.41, 5.74) is 3.05. The summed E-state index contributed by atoms with van der Waals surface area (Å²) >= 11 is 0. The third kappa shape index (κ3) is 4.76. The number of benzene rings is 3. The van der Waals surface area contributed by atoms with Gasteiger partial charge in [-0.25, -0.2) is 14.2 Å². The van der Waals surface area contributed by atoms with Gasteiger partial charge in [0.2, 0.25) is 5.75 Å². The molecule has 0 radical (unpaired) electrons. The Hall–Kier alpha value is -4.63. The molecule has 0 bridgehead atoms. The lowest BCUT2D eigenvalue weighted by Gasteiger charge is -2.30. The zero-order valence-corrected chi connectivity index (χ0v) is 19.8. The number of nitro groups is 1. The van der Waals surface area contributed by atoms with Crippen molar-refractivity contribution in [3.05, 3.63) is 105 Å². The number of nitrogens with zero attached hydrogens (tertiary/aromatic N) is 3. The molecule has 1 aliphatic heterocycles. The smallest absolute Gasteiger partial charge is 0.336 e. The van der Waals surface area contributed by atoms with Gasteiger partial charge in [-0.1, -0.05) is 31.2 Å². The van der Waals surface area contributed by atoms with Gasteiger partial charge in [-0.05, 0) is 60.2 Å². The van der Waals surface area contributed by atoms with Gasteiger partial charge in [-0.15, -0.1) is 0 Å². The molecule has 0 aliphatic carbocycles.